The zero-order valence-electron chi connectivity index (χ0n) is 19.7. The number of fused-ring (bicyclic) bond motifs is 4. The molecule has 1 unspecified atom stereocenters. The maximum absolute atomic E-state index is 13.1. The van der Waals surface area contributed by atoms with E-state index in [0.29, 0.717) is 12.3 Å². The second-order valence-electron chi connectivity index (χ2n) is 11.6. The van der Waals surface area contributed by atoms with Crippen LogP contribution in [0.1, 0.15) is 98.8 Å². The lowest BCUT2D eigenvalue weighted by molar-refractivity contribution is -0.154. The highest BCUT2D eigenvalue weighted by atomic mass is 16.5. The summed E-state index contributed by atoms with van der Waals surface area (Å²) in [5.41, 5.74) is 2.29. The van der Waals surface area contributed by atoms with Gasteiger partial charge in [-0.3, -0.25) is 4.79 Å². The van der Waals surface area contributed by atoms with Crippen molar-refractivity contribution in [1.82, 2.24) is 0 Å². The van der Waals surface area contributed by atoms with Crippen molar-refractivity contribution in [2.75, 3.05) is 0 Å². The van der Waals surface area contributed by atoms with Crippen molar-refractivity contribution in [3.05, 3.63) is 11.3 Å². The first-order valence-electron chi connectivity index (χ1n) is 12.4. The number of hydrogen-bond acceptors (Lipinski definition) is 4. The van der Waals surface area contributed by atoms with E-state index in [1.54, 1.807) is 0 Å². The standard InChI is InChI=1S/C26H41NO3/c1-16(2)7-6-8-17(3)19-9-10-20-23-21(12-14-25(19,20)4)26(5)13-11-18(27-29)15-22(26)24(28)30-23/h16-17,19-20,22,29H,6-15H2,1-5H3/t17-,19+,20-,22?,25+,26+/m0/s1. The normalized spacial score (nSPS) is 40.8. The molecule has 1 heterocycles. The molecule has 0 bridgehead atoms. The van der Waals surface area contributed by atoms with Crippen LogP contribution in [0, 0.1) is 40.4 Å². The van der Waals surface area contributed by atoms with Gasteiger partial charge in [0.15, 0.2) is 0 Å². The van der Waals surface area contributed by atoms with Crippen molar-refractivity contribution in [3.8, 4) is 0 Å². The van der Waals surface area contributed by atoms with Crippen LogP contribution in [0.3, 0.4) is 0 Å². The predicted octanol–water partition coefficient (Wildman–Crippen LogP) is 6.72. The van der Waals surface area contributed by atoms with Gasteiger partial charge in [0.1, 0.15) is 5.76 Å². The van der Waals surface area contributed by atoms with Gasteiger partial charge in [0.25, 0.3) is 0 Å². The molecule has 30 heavy (non-hydrogen) atoms. The Morgan fingerprint density at radius 3 is 2.57 bits per heavy atom. The van der Waals surface area contributed by atoms with Crippen LogP contribution in [0.25, 0.3) is 0 Å². The summed E-state index contributed by atoms with van der Waals surface area (Å²) in [7, 11) is 0. The highest BCUT2D eigenvalue weighted by Crippen LogP contribution is 2.64. The second kappa shape index (κ2) is 7.98. The molecule has 4 rings (SSSR count). The third-order valence-corrected chi connectivity index (χ3v) is 9.53. The van der Waals surface area contributed by atoms with E-state index in [4.69, 9.17) is 4.74 Å². The van der Waals surface area contributed by atoms with Gasteiger partial charge in [0.05, 0.1) is 11.6 Å². The topological polar surface area (TPSA) is 58.9 Å². The molecule has 0 spiro atoms. The zero-order chi connectivity index (χ0) is 21.7. The minimum Gasteiger partial charge on any atom is -0.431 e. The van der Waals surface area contributed by atoms with Crippen LogP contribution in [0.2, 0.25) is 0 Å². The number of carbonyl (C=O) groups is 1. The first-order valence-corrected chi connectivity index (χ1v) is 12.4. The molecule has 0 amide bonds. The van der Waals surface area contributed by atoms with Gasteiger partial charge >= 0.3 is 5.97 Å². The van der Waals surface area contributed by atoms with Gasteiger partial charge in [-0.2, -0.15) is 0 Å². The van der Waals surface area contributed by atoms with Gasteiger partial charge in [-0.1, -0.05) is 59.0 Å². The lowest BCUT2D eigenvalue weighted by Gasteiger charge is -2.52. The molecule has 4 aliphatic rings. The molecule has 2 saturated carbocycles. The zero-order valence-corrected chi connectivity index (χ0v) is 19.7. The maximum Gasteiger partial charge on any atom is 0.315 e. The number of allylic oxidation sites excluding steroid dienone is 2. The molecule has 0 saturated heterocycles. The maximum atomic E-state index is 13.1. The van der Waals surface area contributed by atoms with Gasteiger partial charge in [0, 0.05) is 17.8 Å². The van der Waals surface area contributed by atoms with Crippen molar-refractivity contribution >= 4 is 11.7 Å². The summed E-state index contributed by atoms with van der Waals surface area (Å²) in [6, 6.07) is 0. The summed E-state index contributed by atoms with van der Waals surface area (Å²) in [5, 5.41) is 12.7. The van der Waals surface area contributed by atoms with Crippen molar-refractivity contribution in [3.63, 3.8) is 0 Å². The Morgan fingerprint density at radius 2 is 1.87 bits per heavy atom. The number of esters is 1. The van der Waals surface area contributed by atoms with Gasteiger partial charge in [-0.05, 0) is 67.3 Å². The molecule has 1 aliphatic heterocycles. The monoisotopic (exact) mass is 415 g/mol. The molecule has 4 heteroatoms. The first-order chi connectivity index (χ1) is 14.2. The molecule has 3 aliphatic carbocycles. The van der Waals surface area contributed by atoms with Crippen molar-refractivity contribution in [2.45, 2.75) is 98.8 Å². The Labute approximate surface area is 182 Å². The fourth-order valence-corrected chi connectivity index (χ4v) is 7.58. The molecular weight excluding hydrogens is 374 g/mol. The van der Waals surface area contributed by atoms with E-state index in [9.17, 15) is 10.0 Å². The Balaban J connectivity index is 1.57. The van der Waals surface area contributed by atoms with Crippen molar-refractivity contribution in [2.24, 2.45) is 45.6 Å². The molecule has 168 valence electrons. The van der Waals surface area contributed by atoms with Crippen molar-refractivity contribution < 1.29 is 14.7 Å². The van der Waals surface area contributed by atoms with Gasteiger partial charge in [-0.25, -0.2) is 0 Å². The summed E-state index contributed by atoms with van der Waals surface area (Å²) in [5.74, 6) is 3.42. The lowest BCUT2D eigenvalue weighted by Crippen LogP contribution is -2.49. The summed E-state index contributed by atoms with van der Waals surface area (Å²) in [6.07, 6.45) is 10.9. The van der Waals surface area contributed by atoms with Crippen LogP contribution in [-0.2, 0) is 9.53 Å². The first kappa shape index (κ1) is 21.9. The summed E-state index contributed by atoms with van der Waals surface area (Å²) < 4.78 is 6.14. The molecule has 0 aromatic heterocycles. The summed E-state index contributed by atoms with van der Waals surface area (Å²) in [6.45, 7) is 11.9. The number of oxime groups is 1. The quantitative estimate of drug-likeness (QED) is 0.308. The Kier molecular flexibility index (Phi) is 5.83. The fraction of sp³-hybridized carbons (Fsp3) is 0.846. The fourth-order valence-electron chi connectivity index (χ4n) is 7.58. The Bertz CT molecular complexity index is 753. The number of rotatable bonds is 5. The third-order valence-electron chi connectivity index (χ3n) is 9.53. The van der Waals surface area contributed by atoms with E-state index in [1.165, 1.54) is 37.7 Å². The van der Waals surface area contributed by atoms with E-state index < -0.39 is 0 Å². The molecular formula is C26H41NO3. The van der Waals surface area contributed by atoms with E-state index >= 15 is 0 Å². The van der Waals surface area contributed by atoms with Gasteiger partial charge < -0.3 is 9.94 Å². The molecule has 6 atom stereocenters. The molecule has 0 radical (unpaired) electrons. The van der Waals surface area contributed by atoms with Gasteiger partial charge in [-0.15, -0.1) is 0 Å². The molecule has 1 N–H and O–H groups in total. The van der Waals surface area contributed by atoms with E-state index in [2.05, 4.69) is 39.8 Å². The number of ether oxygens (including phenoxy) is 1. The van der Waals surface area contributed by atoms with Crippen LogP contribution < -0.4 is 0 Å². The number of hydrogen-bond donors (Lipinski definition) is 1. The lowest BCUT2D eigenvalue weighted by atomic mass is 9.54. The highest BCUT2D eigenvalue weighted by Gasteiger charge is 2.59. The molecule has 0 aromatic carbocycles. The summed E-state index contributed by atoms with van der Waals surface area (Å²) in [4.78, 5) is 13.1. The number of carbonyl (C=O) groups excluding carboxylic acids is 1. The van der Waals surface area contributed by atoms with E-state index in [0.717, 1.165) is 54.9 Å². The van der Waals surface area contributed by atoms with Crippen LogP contribution in [-0.4, -0.2) is 16.9 Å². The minimum absolute atomic E-state index is 0.0882. The minimum atomic E-state index is -0.188. The third kappa shape index (κ3) is 3.42. The van der Waals surface area contributed by atoms with E-state index in [1.807, 2.05) is 0 Å². The van der Waals surface area contributed by atoms with Crippen LogP contribution in [0.15, 0.2) is 16.5 Å². The van der Waals surface area contributed by atoms with Gasteiger partial charge in [0.2, 0.25) is 0 Å². The van der Waals surface area contributed by atoms with Crippen molar-refractivity contribution in [1.29, 1.82) is 0 Å². The van der Waals surface area contributed by atoms with E-state index in [-0.39, 0.29) is 22.7 Å². The summed E-state index contributed by atoms with van der Waals surface area (Å²) >= 11 is 0. The highest BCUT2D eigenvalue weighted by molar-refractivity contribution is 5.91. The van der Waals surface area contributed by atoms with Crippen LogP contribution >= 0.6 is 0 Å². The molecule has 0 aromatic rings. The average Bonchev–Trinajstić information content (AvgIpc) is 3.05. The largest absolute Gasteiger partial charge is 0.431 e. The smallest absolute Gasteiger partial charge is 0.315 e. The second-order valence-corrected chi connectivity index (χ2v) is 11.6. The molecule has 4 nitrogen and oxygen atoms in total. The Hall–Kier alpha value is -1.32. The predicted molar refractivity (Wildman–Crippen MR) is 119 cm³/mol. The van der Waals surface area contributed by atoms with Crippen LogP contribution in [0.5, 0.6) is 0 Å². The Morgan fingerprint density at radius 1 is 1.10 bits per heavy atom. The molecule has 2 fully saturated rings. The SMILES string of the molecule is CC(C)CCC[C@H](C)[C@H]1CC[C@H]2C3=C(CC[C@]12C)[C@@]1(C)CCC(=NO)CC1C(=O)O3. The van der Waals surface area contributed by atoms with Crippen LogP contribution in [0.4, 0.5) is 0 Å². The average molecular weight is 416 g/mol. The number of nitrogens with zero attached hydrogens (tertiary/aromatic N) is 1.